The van der Waals surface area contributed by atoms with Crippen LogP contribution in [0, 0.1) is 0 Å². The Morgan fingerprint density at radius 3 is 3.17 bits per heavy atom. The standard InChI is InChI=1S/C10H14N2/c1-2-4-6-10-9(5-3-1)7-8-11-12-10/h1-2,4,6,11-12H,3,5,7-8H2/b2-1-,6-4-. The van der Waals surface area contributed by atoms with E-state index in [9.17, 15) is 0 Å². The molecule has 12 heavy (non-hydrogen) atoms. The highest BCUT2D eigenvalue weighted by molar-refractivity contribution is 5.29. The van der Waals surface area contributed by atoms with Crippen LogP contribution < -0.4 is 10.9 Å². The molecule has 0 saturated heterocycles. The minimum Gasteiger partial charge on any atom is -0.322 e. The SMILES string of the molecule is C1=C\CCC2=C(\C=C/1)NNCC2. The number of hydrogen-bond donors (Lipinski definition) is 2. The molecule has 0 amide bonds. The molecule has 2 N–H and O–H groups in total. The Kier molecular flexibility index (Phi) is 2.28. The van der Waals surface area contributed by atoms with Gasteiger partial charge in [-0.25, -0.2) is 5.43 Å². The lowest BCUT2D eigenvalue weighted by Gasteiger charge is -2.21. The van der Waals surface area contributed by atoms with Gasteiger partial charge in [-0.3, -0.25) is 0 Å². The average Bonchev–Trinajstić information content (AvgIpc) is 2.06. The van der Waals surface area contributed by atoms with Crippen LogP contribution in [0.3, 0.4) is 0 Å². The molecule has 0 aromatic heterocycles. The molecule has 0 spiro atoms. The van der Waals surface area contributed by atoms with E-state index in [1.165, 1.54) is 25.0 Å². The molecule has 0 saturated carbocycles. The largest absolute Gasteiger partial charge is 0.322 e. The van der Waals surface area contributed by atoms with Crippen LogP contribution in [0.2, 0.25) is 0 Å². The highest BCUT2D eigenvalue weighted by Gasteiger charge is 2.08. The molecule has 0 bridgehead atoms. The van der Waals surface area contributed by atoms with Crippen LogP contribution in [0.4, 0.5) is 0 Å². The van der Waals surface area contributed by atoms with E-state index in [0.717, 1.165) is 6.54 Å². The van der Waals surface area contributed by atoms with Crippen LogP contribution in [0.1, 0.15) is 19.3 Å². The van der Waals surface area contributed by atoms with Crippen molar-refractivity contribution in [3.8, 4) is 0 Å². The summed E-state index contributed by atoms with van der Waals surface area (Å²) in [5.41, 5.74) is 9.17. The van der Waals surface area contributed by atoms with Crippen LogP contribution in [-0.4, -0.2) is 6.54 Å². The fourth-order valence-electron chi connectivity index (χ4n) is 1.60. The number of hydrazine groups is 1. The smallest absolute Gasteiger partial charge is 0.0480 e. The van der Waals surface area contributed by atoms with E-state index in [-0.39, 0.29) is 0 Å². The van der Waals surface area contributed by atoms with Crippen molar-refractivity contribution >= 4 is 0 Å². The van der Waals surface area contributed by atoms with E-state index in [4.69, 9.17) is 0 Å². The first-order chi connectivity index (χ1) is 5.97. The van der Waals surface area contributed by atoms with Crippen LogP contribution >= 0.6 is 0 Å². The normalized spacial score (nSPS) is 28.0. The average molecular weight is 162 g/mol. The van der Waals surface area contributed by atoms with Gasteiger partial charge in [0.1, 0.15) is 0 Å². The molecule has 0 fully saturated rings. The summed E-state index contributed by atoms with van der Waals surface area (Å²) in [4.78, 5) is 0. The molecule has 2 rings (SSSR count). The summed E-state index contributed by atoms with van der Waals surface area (Å²) < 4.78 is 0. The molecule has 0 aromatic carbocycles. The third-order valence-corrected chi connectivity index (χ3v) is 2.28. The van der Waals surface area contributed by atoms with Gasteiger partial charge < -0.3 is 5.43 Å². The summed E-state index contributed by atoms with van der Waals surface area (Å²) in [5.74, 6) is 0. The molecule has 1 aliphatic carbocycles. The van der Waals surface area contributed by atoms with Crippen molar-refractivity contribution in [2.24, 2.45) is 0 Å². The number of rotatable bonds is 0. The number of hydrogen-bond acceptors (Lipinski definition) is 2. The lowest BCUT2D eigenvalue weighted by atomic mass is 10.0. The van der Waals surface area contributed by atoms with Gasteiger partial charge in [-0.05, 0) is 30.9 Å². The van der Waals surface area contributed by atoms with E-state index < -0.39 is 0 Å². The Labute approximate surface area is 73.0 Å². The third-order valence-electron chi connectivity index (χ3n) is 2.28. The second-order valence-corrected chi connectivity index (χ2v) is 3.14. The van der Waals surface area contributed by atoms with Crippen molar-refractivity contribution in [1.29, 1.82) is 0 Å². The monoisotopic (exact) mass is 162 g/mol. The topological polar surface area (TPSA) is 24.1 Å². The van der Waals surface area contributed by atoms with Crippen LogP contribution in [0.15, 0.2) is 35.6 Å². The molecule has 2 heteroatoms. The van der Waals surface area contributed by atoms with Gasteiger partial charge in [-0.2, -0.15) is 0 Å². The van der Waals surface area contributed by atoms with Crippen molar-refractivity contribution in [1.82, 2.24) is 10.9 Å². The molecule has 64 valence electrons. The van der Waals surface area contributed by atoms with Gasteiger partial charge in [0.2, 0.25) is 0 Å². The first-order valence-corrected chi connectivity index (χ1v) is 4.51. The summed E-state index contributed by atoms with van der Waals surface area (Å²) in [7, 11) is 0. The van der Waals surface area contributed by atoms with Crippen molar-refractivity contribution in [3.05, 3.63) is 35.6 Å². The quantitative estimate of drug-likeness (QED) is 0.566. The molecule has 2 aliphatic rings. The fraction of sp³-hybridized carbons (Fsp3) is 0.400. The van der Waals surface area contributed by atoms with Gasteiger partial charge in [0.05, 0.1) is 0 Å². The summed E-state index contributed by atoms with van der Waals surface area (Å²) in [6.45, 7) is 1.05. The lowest BCUT2D eigenvalue weighted by Crippen LogP contribution is -2.36. The molecular formula is C10H14N2. The Balaban J connectivity index is 2.22. The lowest BCUT2D eigenvalue weighted by molar-refractivity contribution is 0.555. The van der Waals surface area contributed by atoms with E-state index in [1.807, 2.05) is 0 Å². The summed E-state index contributed by atoms with van der Waals surface area (Å²) in [6.07, 6.45) is 12.1. The number of nitrogens with one attached hydrogen (secondary N) is 2. The van der Waals surface area contributed by atoms with Crippen LogP contribution in [0.5, 0.6) is 0 Å². The Hall–Kier alpha value is -1.02. The van der Waals surface area contributed by atoms with E-state index in [0.29, 0.717) is 0 Å². The summed E-state index contributed by atoms with van der Waals surface area (Å²) >= 11 is 0. The Morgan fingerprint density at radius 1 is 1.17 bits per heavy atom. The molecular weight excluding hydrogens is 148 g/mol. The molecule has 0 unspecified atom stereocenters. The van der Waals surface area contributed by atoms with Gasteiger partial charge in [0.25, 0.3) is 0 Å². The van der Waals surface area contributed by atoms with Gasteiger partial charge in [0, 0.05) is 12.2 Å². The van der Waals surface area contributed by atoms with Crippen LogP contribution in [-0.2, 0) is 0 Å². The summed E-state index contributed by atoms with van der Waals surface area (Å²) in [6, 6.07) is 0. The molecule has 0 atom stereocenters. The third kappa shape index (κ3) is 1.59. The predicted molar refractivity (Wildman–Crippen MR) is 50.3 cm³/mol. The van der Waals surface area contributed by atoms with Gasteiger partial charge in [0.15, 0.2) is 0 Å². The molecule has 0 radical (unpaired) electrons. The molecule has 2 nitrogen and oxygen atoms in total. The van der Waals surface area contributed by atoms with Crippen molar-refractivity contribution in [3.63, 3.8) is 0 Å². The highest BCUT2D eigenvalue weighted by atomic mass is 15.4. The van der Waals surface area contributed by atoms with Gasteiger partial charge in [-0.15, -0.1) is 0 Å². The minimum absolute atomic E-state index is 1.05. The Bertz CT molecular complexity index is 249. The van der Waals surface area contributed by atoms with Gasteiger partial charge >= 0.3 is 0 Å². The fourth-order valence-corrected chi connectivity index (χ4v) is 1.60. The van der Waals surface area contributed by atoms with Gasteiger partial charge in [-0.1, -0.05) is 18.2 Å². The van der Waals surface area contributed by atoms with Crippen molar-refractivity contribution in [2.75, 3.05) is 6.54 Å². The predicted octanol–water partition coefficient (Wildman–Crippen LogP) is 1.64. The maximum atomic E-state index is 3.20. The van der Waals surface area contributed by atoms with Crippen molar-refractivity contribution in [2.45, 2.75) is 19.3 Å². The molecule has 1 aliphatic heterocycles. The first-order valence-electron chi connectivity index (χ1n) is 4.51. The molecule has 0 aromatic rings. The van der Waals surface area contributed by atoms with Crippen molar-refractivity contribution < 1.29 is 0 Å². The van der Waals surface area contributed by atoms with E-state index >= 15 is 0 Å². The first kappa shape index (κ1) is 7.62. The maximum Gasteiger partial charge on any atom is 0.0480 e. The zero-order valence-corrected chi connectivity index (χ0v) is 7.14. The molecule has 1 heterocycles. The zero-order valence-electron chi connectivity index (χ0n) is 7.14. The van der Waals surface area contributed by atoms with E-state index in [2.05, 4.69) is 35.2 Å². The number of allylic oxidation sites excluding steroid dienone is 4. The second kappa shape index (κ2) is 3.59. The maximum absolute atomic E-state index is 3.20. The second-order valence-electron chi connectivity index (χ2n) is 3.14. The summed E-state index contributed by atoms with van der Waals surface area (Å²) in [5, 5.41) is 0. The zero-order chi connectivity index (χ0) is 8.23. The van der Waals surface area contributed by atoms with E-state index in [1.54, 1.807) is 5.57 Å². The highest BCUT2D eigenvalue weighted by Crippen LogP contribution is 2.18. The van der Waals surface area contributed by atoms with Crippen LogP contribution in [0.25, 0.3) is 0 Å². The minimum atomic E-state index is 1.05. The Morgan fingerprint density at radius 2 is 2.17 bits per heavy atom.